The smallest absolute Gasteiger partial charge is 0.229 e. The van der Waals surface area contributed by atoms with Gasteiger partial charge in [-0.2, -0.15) is 5.10 Å². The summed E-state index contributed by atoms with van der Waals surface area (Å²) in [5.41, 5.74) is 3.73. The molecule has 4 aromatic rings. The highest BCUT2D eigenvalue weighted by molar-refractivity contribution is 5.92. The Morgan fingerprint density at radius 1 is 1.06 bits per heavy atom. The van der Waals surface area contributed by atoms with Crippen LogP contribution in [-0.2, 0) is 4.79 Å². The number of rotatable bonds is 4. The molecule has 5 rings (SSSR count). The fourth-order valence-corrected chi connectivity index (χ4v) is 4.06. The van der Waals surface area contributed by atoms with Crippen LogP contribution in [-0.4, -0.2) is 48.9 Å². The molecule has 1 aromatic carbocycles. The Balaban J connectivity index is 1.20. The molecule has 1 aliphatic rings. The van der Waals surface area contributed by atoms with Crippen molar-refractivity contribution in [1.29, 1.82) is 0 Å². The molecule has 1 fully saturated rings. The first-order chi connectivity index (χ1) is 15.1. The van der Waals surface area contributed by atoms with Gasteiger partial charge in [-0.3, -0.25) is 10.1 Å². The third kappa shape index (κ3) is 3.86. The van der Waals surface area contributed by atoms with Gasteiger partial charge >= 0.3 is 0 Å². The van der Waals surface area contributed by atoms with Crippen LogP contribution >= 0.6 is 0 Å². The molecule has 9 heteroatoms. The summed E-state index contributed by atoms with van der Waals surface area (Å²) in [5.74, 6) is 1.98. The van der Waals surface area contributed by atoms with E-state index in [1.807, 2.05) is 56.3 Å². The van der Waals surface area contributed by atoms with Crippen molar-refractivity contribution >= 4 is 28.7 Å². The van der Waals surface area contributed by atoms with Gasteiger partial charge in [0.25, 0.3) is 0 Å². The van der Waals surface area contributed by atoms with Gasteiger partial charge in [0.05, 0.1) is 16.7 Å². The molecular formula is C22H24N8O. The van der Waals surface area contributed by atoms with E-state index in [2.05, 4.69) is 35.5 Å². The number of piperidine rings is 1. The average Bonchev–Trinajstić information content (AvgIpc) is 3.35. The second-order valence-corrected chi connectivity index (χ2v) is 7.94. The highest BCUT2D eigenvalue weighted by Crippen LogP contribution is 2.23. The Morgan fingerprint density at radius 2 is 1.81 bits per heavy atom. The number of nitrogens with one attached hydrogen (secondary N) is 2. The van der Waals surface area contributed by atoms with Gasteiger partial charge in [0.2, 0.25) is 11.9 Å². The highest BCUT2D eigenvalue weighted by Gasteiger charge is 2.26. The van der Waals surface area contributed by atoms with E-state index in [1.165, 1.54) is 0 Å². The van der Waals surface area contributed by atoms with Gasteiger partial charge in [-0.05, 0) is 57.0 Å². The summed E-state index contributed by atoms with van der Waals surface area (Å²) in [4.78, 5) is 22.4. The number of nitrogens with zero attached hydrogens (tertiary/aromatic N) is 6. The van der Waals surface area contributed by atoms with E-state index in [9.17, 15) is 4.79 Å². The van der Waals surface area contributed by atoms with Crippen molar-refractivity contribution < 1.29 is 4.79 Å². The lowest BCUT2D eigenvalue weighted by Crippen LogP contribution is -2.38. The van der Waals surface area contributed by atoms with Gasteiger partial charge in [0, 0.05) is 24.7 Å². The zero-order chi connectivity index (χ0) is 21.4. The van der Waals surface area contributed by atoms with Crippen molar-refractivity contribution in [2.45, 2.75) is 26.7 Å². The quantitative estimate of drug-likeness (QED) is 0.530. The number of fused-ring (bicyclic) bond motifs is 1. The Hall–Kier alpha value is -3.75. The fraction of sp³-hybridized carbons (Fsp3) is 0.318. The van der Waals surface area contributed by atoms with Gasteiger partial charge in [0.1, 0.15) is 0 Å². The summed E-state index contributed by atoms with van der Waals surface area (Å²) in [7, 11) is 0. The molecule has 3 aromatic heterocycles. The number of anilines is 2. The first-order valence-electron chi connectivity index (χ1n) is 10.4. The van der Waals surface area contributed by atoms with E-state index in [1.54, 1.807) is 4.68 Å². The molecule has 0 atom stereocenters. The number of hydrogen-bond donors (Lipinski definition) is 2. The first-order valence-corrected chi connectivity index (χ1v) is 10.4. The molecule has 0 unspecified atom stereocenters. The minimum absolute atomic E-state index is 0.00432. The molecule has 0 spiro atoms. The lowest BCUT2D eigenvalue weighted by Gasteiger charge is -2.31. The number of benzene rings is 1. The van der Waals surface area contributed by atoms with Crippen LogP contribution in [0.3, 0.4) is 0 Å². The number of carbonyl (C=O) groups is 1. The van der Waals surface area contributed by atoms with E-state index in [0.717, 1.165) is 54.2 Å². The second kappa shape index (κ2) is 7.82. The Morgan fingerprint density at radius 3 is 2.48 bits per heavy atom. The van der Waals surface area contributed by atoms with Gasteiger partial charge in [-0.1, -0.05) is 12.1 Å². The molecule has 0 aliphatic carbocycles. The average molecular weight is 416 g/mol. The molecule has 1 saturated heterocycles. The molecule has 9 nitrogen and oxygen atoms in total. The van der Waals surface area contributed by atoms with Crippen molar-refractivity contribution in [3.05, 3.63) is 53.9 Å². The molecule has 31 heavy (non-hydrogen) atoms. The molecular weight excluding hydrogens is 392 g/mol. The third-order valence-electron chi connectivity index (χ3n) is 5.68. The molecule has 1 aliphatic heterocycles. The number of aryl methyl sites for hydroxylation is 2. The van der Waals surface area contributed by atoms with Crippen molar-refractivity contribution in [2.24, 2.45) is 5.92 Å². The van der Waals surface area contributed by atoms with E-state index >= 15 is 0 Å². The summed E-state index contributed by atoms with van der Waals surface area (Å²) < 4.78 is 1.79. The molecule has 0 bridgehead atoms. The SMILES string of the molecule is Cc1cc(C)n(-c2ccc(N3CCC(C(=O)Nc4nc5ccccc5[nH]4)CC3)nn2)n1. The lowest BCUT2D eigenvalue weighted by atomic mass is 9.96. The molecule has 0 radical (unpaired) electrons. The van der Waals surface area contributed by atoms with Gasteiger partial charge in [0.15, 0.2) is 11.6 Å². The van der Waals surface area contributed by atoms with Crippen molar-refractivity contribution in [1.82, 2.24) is 29.9 Å². The summed E-state index contributed by atoms with van der Waals surface area (Å²) in [6, 6.07) is 13.6. The summed E-state index contributed by atoms with van der Waals surface area (Å²) >= 11 is 0. The zero-order valence-electron chi connectivity index (χ0n) is 17.5. The van der Waals surface area contributed by atoms with Crippen LogP contribution in [0.4, 0.5) is 11.8 Å². The molecule has 4 heterocycles. The predicted molar refractivity (Wildman–Crippen MR) is 118 cm³/mol. The number of para-hydroxylation sites is 2. The summed E-state index contributed by atoms with van der Waals surface area (Å²) in [5, 5.41) is 16.1. The number of imidazole rings is 1. The third-order valence-corrected chi connectivity index (χ3v) is 5.68. The van der Waals surface area contributed by atoms with Crippen LogP contribution in [0.5, 0.6) is 0 Å². The minimum atomic E-state index is -0.0496. The number of amides is 1. The van der Waals surface area contributed by atoms with Crippen LogP contribution in [0.1, 0.15) is 24.2 Å². The van der Waals surface area contributed by atoms with E-state index in [-0.39, 0.29) is 11.8 Å². The number of aromatic amines is 1. The minimum Gasteiger partial charge on any atom is -0.355 e. The molecule has 2 N–H and O–H groups in total. The van der Waals surface area contributed by atoms with Crippen LogP contribution in [0.15, 0.2) is 42.5 Å². The van der Waals surface area contributed by atoms with Crippen molar-refractivity contribution in [3.63, 3.8) is 0 Å². The zero-order valence-corrected chi connectivity index (χ0v) is 17.5. The summed E-state index contributed by atoms with van der Waals surface area (Å²) in [6.07, 6.45) is 1.51. The van der Waals surface area contributed by atoms with Crippen molar-refractivity contribution in [3.8, 4) is 5.82 Å². The molecule has 158 valence electrons. The first kappa shape index (κ1) is 19.2. The number of hydrogen-bond acceptors (Lipinski definition) is 6. The highest BCUT2D eigenvalue weighted by atomic mass is 16.2. The maximum Gasteiger partial charge on any atom is 0.229 e. The van der Waals surface area contributed by atoms with E-state index in [4.69, 9.17) is 0 Å². The maximum atomic E-state index is 12.7. The fourth-order valence-electron chi connectivity index (χ4n) is 4.06. The lowest BCUT2D eigenvalue weighted by molar-refractivity contribution is -0.120. The van der Waals surface area contributed by atoms with Crippen molar-refractivity contribution in [2.75, 3.05) is 23.3 Å². The Labute approximate surface area is 179 Å². The van der Waals surface area contributed by atoms with Crippen LogP contribution in [0.25, 0.3) is 16.9 Å². The maximum absolute atomic E-state index is 12.7. The van der Waals surface area contributed by atoms with Gasteiger partial charge in [-0.25, -0.2) is 9.67 Å². The molecule has 0 saturated carbocycles. The number of carbonyl (C=O) groups excluding carboxylic acids is 1. The normalized spacial score (nSPS) is 14.8. The van der Waals surface area contributed by atoms with Gasteiger partial charge in [-0.15, -0.1) is 10.2 Å². The molecule has 1 amide bonds. The standard InChI is InChI=1S/C22H24N8O/c1-14-13-15(2)30(28-14)20-8-7-19(26-27-20)29-11-9-16(10-12-29)21(31)25-22-23-17-5-3-4-6-18(17)24-22/h3-8,13,16H,9-12H2,1-2H3,(H2,23,24,25,31). The van der Waals surface area contributed by atoms with Crippen LogP contribution in [0.2, 0.25) is 0 Å². The predicted octanol–water partition coefficient (Wildman–Crippen LogP) is 3.01. The van der Waals surface area contributed by atoms with Crippen LogP contribution < -0.4 is 10.2 Å². The Bertz CT molecular complexity index is 1190. The second-order valence-electron chi connectivity index (χ2n) is 7.94. The Kier molecular flexibility index (Phi) is 4.85. The largest absolute Gasteiger partial charge is 0.355 e. The van der Waals surface area contributed by atoms with E-state index < -0.39 is 0 Å². The topological polar surface area (TPSA) is 105 Å². The number of H-pyrrole nitrogens is 1. The summed E-state index contributed by atoms with van der Waals surface area (Å²) in [6.45, 7) is 5.47. The van der Waals surface area contributed by atoms with E-state index in [0.29, 0.717) is 11.8 Å². The van der Waals surface area contributed by atoms with Gasteiger partial charge < -0.3 is 9.88 Å². The van der Waals surface area contributed by atoms with Crippen LogP contribution in [0, 0.1) is 19.8 Å². The number of aromatic nitrogens is 6. The monoisotopic (exact) mass is 416 g/mol.